The van der Waals surface area contributed by atoms with E-state index >= 15 is 0 Å². The van der Waals surface area contributed by atoms with Gasteiger partial charge in [-0.1, -0.05) is 6.07 Å². The van der Waals surface area contributed by atoms with Gasteiger partial charge >= 0.3 is 0 Å². The summed E-state index contributed by atoms with van der Waals surface area (Å²) in [5.74, 6) is -0.168. The molecule has 0 spiro atoms. The molecule has 0 unspecified atom stereocenters. The molecule has 0 aliphatic rings. The highest BCUT2D eigenvalue weighted by atomic mass is 16.1. The quantitative estimate of drug-likeness (QED) is 0.593. The minimum Gasteiger partial charge on any atom is -0.322 e. The number of benzene rings is 2. The van der Waals surface area contributed by atoms with E-state index in [9.17, 15) is 4.79 Å². The van der Waals surface area contributed by atoms with Gasteiger partial charge in [0.05, 0.1) is 5.69 Å². The maximum absolute atomic E-state index is 12.7. The van der Waals surface area contributed by atoms with Crippen molar-refractivity contribution >= 4 is 11.6 Å². The van der Waals surface area contributed by atoms with Crippen molar-refractivity contribution in [2.45, 2.75) is 20.8 Å². The molecular weight excluding hydrogens is 352 g/mol. The number of carbonyl (C=O) groups is 1. The van der Waals surface area contributed by atoms with Gasteiger partial charge in [0.2, 0.25) is 0 Å². The summed E-state index contributed by atoms with van der Waals surface area (Å²) in [4.78, 5) is 12.7. The summed E-state index contributed by atoms with van der Waals surface area (Å²) in [5.41, 5.74) is 6.45. The fourth-order valence-electron chi connectivity index (χ4n) is 3.25. The lowest BCUT2D eigenvalue weighted by atomic mass is 10.1. The number of hydrogen-bond acceptors (Lipinski definition) is 4. The zero-order valence-corrected chi connectivity index (χ0v) is 15.9. The van der Waals surface area contributed by atoms with Gasteiger partial charge in [-0.25, -0.2) is 4.68 Å². The van der Waals surface area contributed by atoms with Crippen molar-refractivity contribution in [1.29, 1.82) is 0 Å². The summed E-state index contributed by atoms with van der Waals surface area (Å²) in [6.07, 6.45) is 1.53. The first kappa shape index (κ1) is 17.7. The molecule has 4 rings (SSSR count). The van der Waals surface area contributed by atoms with E-state index in [0.29, 0.717) is 11.3 Å². The largest absolute Gasteiger partial charge is 0.322 e. The van der Waals surface area contributed by atoms with E-state index < -0.39 is 0 Å². The van der Waals surface area contributed by atoms with Crippen LogP contribution in [0.4, 0.5) is 5.69 Å². The predicted octanol–water partition coefficient (Wildman–Crippen LogP) is 3.63. The first-order valence-corrected chi connectivity index (χ1v) is 8.94. The minimum absolute atomic E-state index is 0.168. The van der Waals surface area contributed by atoms with Crippen LogP contribution >= 0.6 is 0 Å². The SMILES string of the molecule is Cc1ccc(NC(=O)c2ccc(-n3c(C)ccc3C)cc2)cc1-n1cnnn1. The molecule has 2 aromatic heterocycles. The van der Waals surface area contributed by atoms with E-state index in [1.54, 1.807) is 4.68 Å². The van der Waals surface area contributed by atoms with Gasteiger partial charge in [0.25, 0.3) is 5.91 Å². The van der Waals surface area contributed by atoms with Gasteiger partial charge in [0.15, 0.2) is 0 Å². The lowest BCUT2D eigenvalue weighted by Crippen LogP contribution is -2.12. The number of tetrazole rings is 1. The highest BCUT2D eigenvalue weighted by molar-refractivity contribution is 6.04. The number of nitrogens with one attached hydrogen (secondary N) is 1. The normalized spacial score (nSPS) is 10.8. The molecule has 7 heteroatoms. The summed E-state index contributed by atoms with van der Waals surface area (Å²) in [6, 6.07) is 17.4. The molecule has 0 saturated heterocycles. The fraction of sp³-hybridized carbons (Fsp3) is 0.143. The number of rotatable bonds is 4. The second-order valence-electron chi connectivity index (χ2n) is 6.71. The van der Waals surface area contributed by atoms with Crippen LogP contribution in [0.25, 0.3) is 11.4 Å². The Labute approximate surface area is 162 Å². The number of anilines is 1. The minimum atomic E-state index is -0.168. The third-order valence-electron chi connectivity index (χ3n) is 4.72. The van der Waals surface area contributed by atoms with Crippen LogP contribution in [-0.2, 0) is 0 Å². The Morgan fingerprint density at radius 2 is 1.64 bits per heavy atom. The number of carbonyl (C=O) groups excluding carboxylic acids is 1. The van der Waals surface area contributed by atoms with E-state index in [1.165, 1.54) is 6.33 Å². The van der Waals surface area contributed by atoms with Crippen LogP contribution in [0.15, 0.2) is 60.9 Å². The molecule has 1 amide bonds. The Balaban J connectivity index is 1.55. The molecule has 7 nitrogen and oxygen atoms in total. The van der Waals surface area contributed by atoms with E-state index in [1.807, 2.05) is 49.4 Å². The van der Waals surface area contributed by atoms with Crippen molar-refractivity contribution in [3.8, 4) is 11.4 Å². The van der Waals surface area contributed by atoms with Gasteiger partial charge in [0, 0.05) is 28.3 Å². The average molecular weight is 372 g/mol. The number of nitrogens with zero attached hydrogens (tertiary/aromatic N) is 5. The highest BCUT2D eigenvalue weighted by Gasteiger charge is 2.10. The Morgan fingerprint density at radius 3 is 2.29 bits per heavy atom. The van der Waals surface area contributed by atoms with Crippen LogP contribution in [-0.4, -0.2) is 30.7 Å². The Hall–Kier alpha value is -3.74. The summed E-state index contributed by atoms with van der Waals surface area (Å²) in [6.45, 7) is 6.09. The molecule has 0 atom stereocenters. The van der Waals surface area contributed by atoms with Gasteiger partial charge in [-0.05, 0) is 85.3 Å². The van der Waals surface area contributed by atoms with Gasteiger partial charge in [0.1, 0.15) is 6.33 Å². The van der Waals surface area contributed by atoms with Gasteiger partial charge < -0.3 is 9.88 Å². The molecule has 2 aromatic carbocycles. The molecule has 0 radical (unpaired) electrons. The Morgan fingerprint density at radius 1 is 0.929 bits per heavy atom. The Kier molecular flexibility index (Phi) is 4.49. The monoisotopic (exact) mass is 372 g/mol. The van der Waals surface area contributed by atoms with Gasteiger partial charge in [-0.15, -0.1) is 5.10 Å². The lowest BCUT2D eigenvalue weighted by Gasteiger charge is -2.11. The van der Waals surface area contributed by atoms with Crippen molar-refractivity contribution in [2.24, 2.45) is 0 Å². The molecule has 0 aliphatic carbocycles. The van der Waals surface area contributed by atoms with Crippen LogP contribution < -0.4 is 5.32 Å². The van der Waals surface area contributed by atoms with Crippen molar-refractivity contribution in [1.82, 2.24) is 24.8 Å². The van der Waals surface area contributed by atoms with Crippen LogP contribution in [0.3, 0.4) is 0 Å². The second kappa shape index (κ2) is 7.11. The Bertz CT molecular complexity index is 1110. The van der Waals surface area contributed by atoms with E-state index in [0.717, 1.165) is 28.3 Å². The zero-order chi connectivity index (χ0) is 19.7. The first-order chi connectivity index (χ1) is 13.5. The maximum Gasteiger partial charge on any atom is 0.255 e. The molecule has 28 heavy (non-hydrogen) atoms. The fourth-order valence-corrected chi connectivity index (χ4v) is 3.25. The second-order valence-corrected chi connectivity index (χ2v) is 6.71. The molecule has 0 saturated carbocycles. The predicted molar refractivity (Wildman–Crippen MR) is 107 cm³/mol. The summed E-state index contributed by atoms with van der Waals surface area (Å²) >= 11 is 0. The van der Waals surface area contributed by atoms with Gasteiger partial charge in [-0.2, -0.15) is 0 Å². The van der Waals surface area contributed by atoms with Gasteiger partial charge in [-0.3, -0.25) is 4.79 Å². The molecule has 140 valence electrons. The van der Waals surface area contributed by atoms with Crippen LogP contribution in [0.5, 0.6) is 0 Å². The number of aromatic nitrogens is 5. The third-order valence-corrected chi connectivity index (χ3v) is 4.72. The summed E-state index contributed by atoms with van der Waals surface area (Å²) < 4.78 is 3.72. The smallest absolute Gasteiger partial charge is 0.255 e. The van der Waals surface area contributed by atoms with Crippen LogP contribution in [0.2, 0.25) is 0 Å². The third kappa shape index (κ3) is 3.29. The number of hydrogen-bond donors (Lipinski definition) is 1. The van der Waals surface area contributed by atoms with Crippen molar-refractivity contribution in [3.63, 3.8) is 0 Å². The molecule has 2 heterocycles. The number of aryl methyl sites for hydroxylation is 3. The molecule has 0 bridgehead atoms. The van der Waals surface area contributed by atoms with E-state index in [-0.39, 0.29) is 5.91 Å². The standard InChI is InChI=1S/C21H20N6O/c1-14-4-9-18(12-20(14)26-13-22-24-25-26)23-21(28)17-7-10-19(11-8-17)27-15(2)5-6-16(27)3/h4-13H,1-3H3,(H,23,28). The molecule has 0 aliphatic heterocycles. The highest BCUT2D eigenvalue weighted by Crippen LogP contribution is 2.20. The molecule has 0 fully saturated rings. The molecular formula is C21H20N6O. The van der Waals surface area contributed by atoms with E-state index in [2.05, 4.69) is 51.4 Å². The van der Waals surface area contributed by atoms with Crippen LogP contribution in [0, 0.1) is 20.8 Å². The summed E-state index contributed by atoms with van der Waals surface area (Å²) in [7, 11) is 0. The first-order valence-electron chi connectivity index (χ1n) is 8.94. The summed E-state index contributed by atoms with van der Waals surface area (Å²) in [5, 5.41) is 14.2. The lowest BCUT2D eigenvalue weighted by molar-refractivity contribution is 0.102. The zero-order valence-electron chi connectivity index (χ0n) is 15.9. The average Bonchev–Trinajstić information content (AvgIpc) is 3.33. The van der Waals surface area contributed by atoms with Crippen LogP contribution in [0.1, 0.15) is 27.3 Å². The van der Waals surface area contributed by atoms with Crippen molar-refractivity contribution in [3.05, 3.63) is 83.4 Å². The number of amides is 1. The topological polar surface area (TPSA) is 77.6 Å². The maximum atomic E-state index is 12.7. The molecule has 1 N–H and O–H groups in total. The molecule has 4 aromatic rings. The van der Waals surface area contributed by atoms with E-state index in [4.69, 9.17) is 0 Å². The van der Waals surface area contributed by atoms with Crippen molar-refractivity contribution in [2.75, 3.05) is 5.32 Å². The van der Waals surface area contributed by atoms with Crippen molar-refractivity contribution < 1.29 is 4.79 Å².